The number of thiophene rings is 1. The number of anilines is 2. The minimum Gasteiger partial charge on any atom is -0.326 e. The van der Waals surface area contributed by atoms with Gasteiger partial charge >= 0.3 is 0 Å². The molecule has 5 aromatic rings. The SMILES string of the molecule is N#Cc1c(NC(=O)C(Sc2cccc(NC(=O)Cc3ccccc3)c2)c2ccccc2)sc2c1CCC(c1ccccc1)C2. The number of thioether (sulfide) groups is 1. The van der Waals surface area contributed by atoms with Crippen LogP contribution in [0.4, 0.5) is 10.7 Å². The normalized spacial score (nSPS) is 14.6. The Morgan fingerprint density at radius 3 is 2.32 bits per heavy atom. The quantitative estimate of drug-likeness (QED) is 0.163. The summed E-state index contributed by atoms with van der Waals surface area (Å²) in [5.41, 5.74) is 5.45. The van der Waals surface area contributed by atoms with Gasteiger partial charge in [-0.25, -0.2) is 0 Å². The first-order valence-corrected chi connectivity index (χ1v) is 16.3. The maximum atomic E-state index is 13.9. The lowest BCUT2D eigenvalue weighted by Crippen LogP contribution is -2.19. The predicted molar refractivity (Wildman–Crippen MR) is 179 cm³/mol. The monoisotopic (exact) mass is 613 g/mol. The minimum atomic E-state index is -0.561. The van der Waals surface area contributed by atoms with E-state index < -0.39 is 5.25 Å². The highest BCUT2D eigenvalue weighted by molar-refractivity contribution is 8.00. The van der Waals surface area contributed by atoms with E-state index in [4.69, 9.17) is 0 Å². The molecule has 2 atom stereocenters. The molecule has 2 N–H and O–H groups in total. The molecule has 0 fully saturated rings. The molecule has 0 radical (unpaired) electrons. The van der Waals surface area contributed by atoms with Crippen LogP contribution < -0.4 is 10.6 Å². The lowest BCUT2D eigenvalue weighted by molar-refractivity contribution is -0.116. The van der Waals surface area contributed by atoms with Gasteiger partial charge in [-0.3, -0.25) is 9.59 Å². The highest BCUT2D eigenvalue weighted by atomic mass is 32.2. The van der Waals surface area contributed by atoms with E-state index in [-0.39, 0.29) is 18.2 Å². The first kappa shape index (κ1) is 29.4. The summed E-state index contributed by atoms with van der Waals surface area (Å²) >= 11 is 2.95. The zero-order chi connectivity index (χ0) is 30.3. The molecule has 2 unspecified atom stereocenters. The number of hydrogen-bond acceptors (Lipinski definition) is 5. The Morgan fingerprint density at radius 2 is 1.59 bits per heavy atom. The molecule has 218 valence electrons. The number of nitrogens with one attached hydrogen (secondary N) is 2. The number of benzene rings is 4. The number of carbonyl (C=O) groups is 2. The van der Waals surface area contributed by atoms with Crippen LogP contribution in [-0.2, 0) is 28.9 Å². The van der Waals surface area contributed by atoms with Crippen molar-refractivity contribution in [3.8, 4) is 6.07 Å². The molecule has 1 aromatic heterocycles. The number of nitriles is 1. The van der Waals surface area contributed by atoms with Gasteiger partial charge in [0.05, 0.1) is 12.0 Å². The molecule has 6 rings (SSSR count). The second-order valence-electron chi connectivity index (χ2n) is 10.8. The highest BCUT2D eigenvalue weighted by Gasteiger charge is 2.29. The van der Waals surface area contributed by atoms with Gasteiger partial charge in [-0.1, -0.05) is 97.1 Å². The van der Waals surface area contributed by atoms with Crippen molar-refractivity contribution in [3.05, 3.63) is 148 Å². The summed E-state index contributed by atoms with van der Waals surface area (Å²) in [6, 6.07) is 39.7. The summed E-state index contributed by atoms with van der Waals surface area (Å²) < 4.78 is 0. The Balaban J connectivity index is 1.20. The van der Waals surface area contributed by atoms with Crippen molar-refractivity contribution < 1.29 is 9.59 Å². The number of carbonyl (C=O) groups excluding carboxylic acids is 2. The highest BCUT2D eigenvalue weighted by Crippen LogP contribution is 2.43. The van der Waals surface area contributed by atoms with E-state index in [0.29, 0.717) is 22.2 Å². The van der Waals surface area contributed by atoms with E-state index in [1.807, 2.05) is 91.0 Å². The maximum Gasteiger partial charge on any atom is 0.243 e. The maximum absolute atomic E-state index is 13.9. The molecule has 1 heterocycles. The van der Waals surface area contributed by atoms with Gasteiger partial charge in [-0.05, 0) is 65.6 Å². The number of rotatable bonds is 9. The largest absolute Gasteiger partial charge is 0.326 e. The summed E-state index contributed by atoms with van der Waals surface area (Å²) in [7, 11) is 0. The average molecular weight is 614 g/mol. The van der Waals surface area contributed by atoms with Gasteiger partial charge in [0.25, 0.3) is 0 Å². The van der Waals surface area contributed by atoms with Gasteiger partial charge in [0.1, 0.15) is 16.3 Å². The van der Waals surface area contributed by atoms with Crippen LogP contribution in [0.2, 0.25) is 0 Å². The van der Waals surface area contributed by atoms with E-state index in [9.17, 15) is 14.9 Å². The third-order valence-electron chi connectivity index (χ3n) is 7.80. The van der Waals surface area contributed by atoms with Crippen LogP contribution in [-0.4, -0.2) is 11.8 Å². The predicted octanol–water partition coefficient (Wildman–Crippen LogP) is 8.55. The summed E-state index contributed by atoms with van der Waals surface area (Å²) in [6.07, 6.45) is 2.96. The molecule has 0 saturated heterocycles. The molecule has 7 heteroatoms. The van der Waals surface area contributed by atoms with Crippen molar-refractivity contribution >= 4 is 45.6 Å². The van der Waals surface area contributed by atoms with Crippen molar-refractivity contribution in [1.82, 2.24) is 0 Å². The fourth-order valence-corrected chi connectivity index (χ4v) is 8.01. The van der Waals surface area contributed by atoms with Gasteiger partial charge in [-0.15, -0.1) is 23.1 Å². The van der Waals surface area contributed by atoms with Crippen molar-refractivity contribution in [1.29, 1.82) is 5.26 Å². The van der Waals surface area contributed by atoms with E-state index in [2.05, 4.69) is 41.0 Å². The Morgan fingerprint density at radius 1 is 0.886 bits per heavy atom. The van der Waals surface area contributed by atoms with Crippen molar-refractivity contribution in [2.24, 2.45) is 0 Å². The van der Waals surface area contributed by atoms with Crippen LogP contribution in [0.1, 0.15) is 50.3 Å². The van der Waals surface area contributed by atoms with Crippen LogP contribution in [0.15, 0.2) is 120 Å². The van der Waals surface area contributed by atoms with Crippen LogP contribution >= 0.6 is 23.1 Å². The van der Waals surface area contributed by atoms with Gasteiger partial charge in [0.15, 0.2) is 0 Å². The Kier molecular flexibility index (Phi) is 9.21. The van der Waals surface area contributed by atoms with Crippen molar-refractivity contribution in [2.75, 3.05) is 10.6 Å². The van der Waals surface area contributed by atoms with E-state index >= 15 is 0 Å². The van der Waals surface area contributed by atoms with Crippen LogP contribution in [0.3, 0.4) is 0 Å². The Hall–Kier alpha value is -4.64. The molecular formula is C37H31N3O2S2. The molecule has 1 aliphatic rings. The van der Waals surface area contributed by atoms with Crippen LogP contribution in [0.25, 0.3) is 0 Å². The van der Waals surface area contributed by atoms with Crippen LogP contribution in [0.5, 0.6) is 0 Å². The minimum absolute atomic E-state index is 0.101. The van der Waals surface area contributed by atoms with Crippen molar-refractivity contribution in [2.45, 2.75) is 41.7 Å². The zero-order valence-electron chi connectivity index (χ0n) is 24.0. The Bertz CT molecular complexity index is 1800. The summed E-state index contributed by atoms with van der Waals surface area (Å²) in [5, 5.41) is 16.3. The molecule has 2 amide bonds. The molecule has 0 aliphatic heterocycles. The first-order chi connectivity index (χ1) is 21.6. The topological polar surface area (TPSA) is 82.0 Å². The van der Waals surface area contributed by atoms with Crippen molar-refractivity contribution in [3.63, 3.8) is 0 Å². The number of hydrogen-bond donors (Lipinski definition) is 2. The van der Waals surface area contributed by atoms with Gasteiger partial charge in [-0.2, -0.15) is 5.26 Å². The summed E-state index contributed by atoms with van der Waals surface area (Å²) in [6.45, 7) is 0. The lowest BCUT2D eigenvalue weighted by Gasteiger charge is -2.22. The van der Waals surface area contributed by atoms with Crippen LogP contribution in [0, 0.1) is 11.3 Å². The molecule has 0 saturated carbocycles. The standard InChI is InChI=1S/C37H31N3O2S2/c38-24-32-31-20-19-28(26-13-6-2-7-14-26)22-33(31)44-37(32)40-36(42)35(27-15-8-3-9-16-27)43-30-18-10-17-29(23-30)39-34(41)21-25-11-4-1-5-12-25/h1-18,23,28,35H,19-22H2,(H,39,41)(H,40,42). The number of nitrogens with zero attached hydrogens (tertiary/aromatic N) is 1. The van der Waals surface area contributed by atoms with Gasteiger partial charge in [0.2, 0.25) is 11.8 Å². The Labute approximate surface area is 266 Å². The summed E-state index contributed by atoms with van der Waals surface area (Å²) in [5.74, 6) is 0.121. The second kappa shape index (κ2) is 13.8. The van der Waals surface area contributed by atoms with Gasteiger partial charge in [0, 0.05) is 15.5 Å². The first-order valence-electron chi connectivity index (χ1n) is 14.6. The van der Waals surface area contributed by atoms with E-state index in [1.165, 1.54) is 33.5 Å². The van der Waals surface area contributed by atoms with E-state index in [1.54, 1.807) is 0 Å². The van der Waals surface area contributed by atoms with Gasteiger partial charge < -0.3 is 10.6 Å². The second-order valence-corrected chi connectivity index (χ2v) is 13.1. The third-order valence-corrected chi connectivity index (χ3v) is 10.2. The molecule has 44 heavy (non-hydrogen) atoms. The molecule has 1 aliphatic carbocycles. The number of amides is 2. The number of fused-ring (bicyclic) bond motifs is 1. The smallest absolute Gasteiger partial charge is 0.243 e. The average Bonchev–Trinajstić information content (AvgIpc) is 3.41. The molecule has 0 bridgehead atoms. The lowest BCUT2D eigenvalue weighted by atomic mass is 9.83. The van der Waals surface area contributed by atoms with E-state index in [0.717, 1.165) is 40.8 Å². The molecular weight excluding hydrogens is 583 g/mol. The molecule has 5 nitrogen and oxygen atoms in total. The zero-order valence-corrected chi connectivity index (χ0v) is 25.7. The molecule has 4 aromatic carbocycles. The fourth-order valence-electron chi connectivity index (χ4n) is 5.65. The molecule has 0 spiro atoms. The third kappa shape index (κ3) is 6.94. The fraction of sp³-hybridized carbons (Fsp3) is 0.162. The summed E-state index contributed by atoms with van der Waals surface area (Å²) in [4.78, 5) is 28.7.